The van der Waals surface area contributed by atoms with Gasteiger partial charge in [0.05, 0.1) is 12.3 Å². The molecule has 0 atom stereocenters. The molecule has 0 saturated heterocycles. The summed E-state index contributed by atoms with van der Waals surface area (Å²) < 4.78 is 5.53. The highest BCUT2D eigenvalue weighted by Gasteiger charge is 1.96. The molecule has 0 spiro atoms. The van der Waals surface area contributed by atoms with Crippen LogP contribution in [0, 0.1) is 0 Å². The first-order valence-corrected chi connectivity index (χ1v) is 5.87. The third-order valence-electron chi connectivity index (χ3n) is 2.35. The van der Waals surface area contributed by atoms with E-state index < -0.39 is 0 Å². The van der Waals surface area contributed by atoms with E-state index in [0.717, 1.165) is 18.7 Å². The Hall–Kier alpha value is -1.13. The van der Waals surface area contributed by atoms with Gasteiger partial charge in [0.15, 0.2) is 0 Å². The number of anilines is 1. The zero-order valence-electron chi connectivity index (χ0n) is 9.91. The third kappa shape index (κ3) is 5.09. The number of nitrogens with one attached hydrogen (secondary N) is 1. The highest BCUT2D eigenvalue weighted by atomic mass is 16.5. The largest absolute Gasteiger partial charge is 0.375 e. The van der Waals surface area contributed by atoms with Crippen LogP contribution in [0.1, 0.15) is 38.3 Å². The van der Waals surface area contributed by atoms with E-state index in [9.17, 15) is 0 Å². The summed E-state index contributed by atoms with van der Waals surface area (Å²) in [5.74, 6) is 5.95. The molecule has 4 heteroatoms. The number of nitrogens with two attached hydrogens (primary N) is 1. The van der Waals surface area contributed by atoms with Gasteiger partial charge < -0.3 is 10.2 Å². The van der Waals surface area contributed by atoms with Crippen molar-refractivity contribution in [2.24, 2.45) is 5.84 Å². The summed E-state index contributed by atoms with van der Waals surface area (Å²) in [6.07, 6.45) is 4.91. The van der Waals surface area contributed by atoms with Crippen molar-refractivity contribution in [1.29, 1.82) is 0 Å². The number of rotatable bonds is 8. The van der Waals surface area contributed by atoms with Gasteiger partial charge in [-0.1, -0.05) is 32.3 Å². The van der Waals surface area contributed by atoms with Gasteiger partial charge in [0.2, 0.25) is 0 Å². The van der Waals surface area contributed by atoms with Crippen molar-refractivity contribution in [2.75, 3.05) is 12.0 Å². The van der Waals surface area contributed by atoms with Gasteiger partial charge in [0.25, 0.3) is 0 Å². The molecule has 0 aliphatic rings. The average molecular weight is 223 g/mol. The fourth-order valence-corrected chi connectivity index (χ4v) is 1.45. The number of ether oxygens (including phenoxy) is 1. The minimum Gasteiger partial charge on any atom is -0.375 e. The van der Waals surface area contributed by atoms with Gasteiger partial charge in [-0.05, 0) is 18.6 Å². The van der Waals surface area contributed by atoms with Crippen molar-refractivity contribution in [2.45, 2.75) is 39.2 Å². The van der Waals surface area contributed by atoms with Crippen LogP contribution in [0.4, 0.5) is 5.82 Å². The first-order valence-electron chi connectivity index (χ1n) is 5.87. The van der Waals surface area contributed by atoms with E-state index in [-0.39, 0.29) is 0 Å². The third-order valence-corrected chi connectivity index (χ3v) is 2.35. The number of aromatic nitrogens is 1. The second kappa shape index (κ2) is 8.07. The van der Waals surface area contributed by atoms with Crippen molar-refractivity contribution >= 4 is 5.82 Å². The molecule has 0 aliphatic carbocycles. The maximum Gasteiger partial charge on any atom is 0.140 e. The Balaban J connectivity index is 2.16. The smallest absolute Gasteiger partial charge is 0.140 e. The molecule has 4 nitrogen and oxygen atoms in total. The molecule has 0 aromatic carbocycles. The molecule has 0 unspecified atom stereocenters. The van der Waals surface area contributed by atoms with E-state index in [2.05, 4.69) is 17.3 Å². The monoisotopic (exact) mass is 223 g/mol. The molecule has 0 radical (unpaired) electrons. The van der Waals surface area contributed by atoms with Gasteiger partial charge in [-0.25, -0.2) is 10.8 Å². The molecule has 1 aromatic rings. The molecule has 0 amide bonds. The van der Waals surface area contributed by atoms with Crippen LogP contribution in [0.15, 0.2) is 18.2 Å². The van der Waals surface area contributed by atoms with Crippen LogP contribution in [0.3, 0.4) is 0 Å². The topological polar surface area (TPSA) is 60.2 Å². The molecule has 1 rings (SSSR count). The molecule has 0 saturated carbocycles. The summed E-state index contributed by atoms with van der Waals surface area (Å²) >= 11 is 0. The quantitative estimate of drug-likeness (QED) is 0.404. The SMILES string of the molecule is CCCCCCOCc1cccc(NN)n1. The van der Waals surface area contributed by atoms with Gasteiger partial charge in [-0.3, -0.25) is 0 Å². The molecular weight excluding hydrogens is 202 g/mol. The molecule has 1 aromatic heterocycles. The average Bonchev–Trinajstić information content (AvgIpc) is 2.34. The highest BCUT2D eigenvalue weighted by molar-refractivity contribution is 5.33. The van der Waals surface area contributed by atoms with Crippen LogP contribution in [0.5, 0.6) is 0 Å². The van der Waals surface area contributed by atoms with Crippen LogP contribution in [-0.4, -0.2) is 11.6 Å². The highest BCUT2D eigenvalue weighted by Crippen LogP contribution is 2.05. The van der Waals surface area contributed by atoms with Crippen molar-refractivity contribution in [1.82, 2.24) is 4.98 Å². The van der Waals surface area contributed by atoms with E-state index in [1.54, 1.807) is 0 Å². The summed E-state index contributed by atoms with van der Waals surface area (Å²) in [7, 11) is 0. The molecule has 0 fully saturated rings. The van der Waals surface area contributed by atoms with Gasteiger partial charge in [-0.2, -0.15) is 0 Å². The van der Waals surface area contributed by atoms with E-state index in [4.69, 9.17) is 10.6 Å². The maximum atomic E-state index is 5.53. The van der Waals surface area contributed by atoms with Gasteiger partial charge in [-0.15, -0.1) is 0 Å². The second-order valence-corrected chi connectivity index (χ2v) is 3.77. The first-order chi connectivity index (χ1) is 7.86. The van der Waals surface area contributed by atoms with Crippen molar-refractivity contribution in [3.63, 3.8) is 0 Å². The van der Waals surface area contributed by atoms with E-state index in [1.807, 2.05) is 18.2 Å². The predicted molar refractivity (Wildman–Crippen MR) is 65.8 cm³/mol. The summed E-state index contributed by atoms with van der Waals surface area (Å²) in [5.41, 5.74) is 3.43. The Morgan fingerprint density at radius 2 is 2.19 bits per heavy atom. The Bertz CT molecular complexity index is 291. The lowest BCUT2D eigenvalue weighted by atomic mass is 10.2. The minimum atomic E-state index is 0.557. The number of unbranched alkanes of at least 4 members (excludes halogenated alkanes) is 3. The number of hydrazine groups is 1. The first kappa shape index (κ1) is 12.9. The normalized spacial score (nSPS) is 10.4. The van der Waals surface area contributed by atoms with Crippen LogP contribution in [0.2, 0.25) is 0 Å². The lowest BCUT2D eigenvalue weighted by molar-refractivity contribution is 0.114. The number of pyridine rings is 1. The van der Waals surface area contributed by atoms with Crippen LogP contribution in [-0.2, 0) is 11.3 Å². The van der Waals surface area contributed by atoms with E-state index in [0.29, 0.717) is 12.4 Å². The molecule has 0 bridgehead atoms. The van der Waals surface area contributed by atoms with Gasteiger partial charge >= 0.3 is 0 Å². The zero-order valence-corrected chi connectivity index (χ0v) is 9.91. The Morgan fingerprint density at radius 3 is 2.94 bits per heavy atom. The Kier molecular flexibility index (Phi) is 6.53. The molecule has 3 N–H and O–H groups in total. The van der Waals surface area contributed by atoms with Crippen molar-refractivity contribution in [3.05, 3.63) is 23.9 Å². The zero-order chi connectivity index (χ0) is 11.6. The van der Waals surface area contributed by atoms with Crippen LogP contribution < -0.4 is 11.3 Å². The molecule has 90 valence electrons. The summed E-state index contributed by atoms with van der Waals surface area (Å²) in [6, 6.07) is 5.68. The van der Waals surface area contributed by atoms with Crippen LogP contribution >= 0.6 is 0 Å². The Morgan fingerprint density at radius 1 is 1.31 bits per heavy atom. The van der Waals surface area contributed by atoms with Crippen molar-refractivity contribution in [3.8, 4) is 0 Å². The fourth-order valence-electron chi connectivity index (χ4n) is 1.45. The lowest BCUT2D eigenvalue weighted by Crippen LogP contribution is -2.09. The summed E-state index contributed by atoms with van der Waals surface area (Å²) in [4.78, 5) is 4.26. The second-order valence-electron chi connectivity index (χ2n) is 3.77. The van der Waals surface area contributed by atoms with Gasteiger partial charge in [0.1, 0.15) is 5.82 Å². The number of nitrogen functional groups attached to an aromatic ring is 1. The Labute approximate surface area is 97.2 Å². The number of nitrogens with zero attached hydrogens (tertiary/aromatic N) is 1. The molecule has 16 heavy (non-hydrogen) atoms. The molecular formula is C12H21N3O. The molecule has 0 aliphatic heterocycles. The fraction of sp³-hybridized carbons (Fsp3) is 0.583. The van der Waals surface area contributed by atoms with E-state index in [1.165, 1.54) is 19.3 Å². The number of hydrogen-bond donors (Lipinski definition) is 2. The number of hydrogen-bond acceptors (Lipinski definition) is 4. The van der Waals surface area contributed by atoms with E-state index >= 15 is 0 Å². The predicted octanol–water partition coefficient (Wildman–Crippen LogP) is 2.46. The van der Waals surface area contributed by atoms with Crippen molar-refractivity contribution < 1.29 is 4.74 Å². The maximum absolute atomic E-state index is 5.53. The summed E-state index contributed by atoms with van der Waals surface area (Å²) in [6.45, 7) is 3.57. The van der Waals surface area contributed by atoms with Gasteiger partial charge in [0, 0.05) is 6.61 Å². The molecule has 1 heterocycles. The van der Waals surface area contributed by atoms with Crippen LogP contribution in [0.25, 0.3) is 0 Å². The minimum absolute atomic E-state index is 0.557. The lowest BCUT2D eigenvalue weighted by Gasteiger charge is -2.05. The summed E-state index contributed by atoms with van der Waals surface area (Å²) in [5, 5.41) is 0. The standard InChI is InChI=1S/C12H21N3O/c1-2-3-4-5-9-16-10-11-7-6-8-12(14-11)15-13/h6-8H,2-5,9-10,13H2,1H3,(H,14,15).